The highest BCUT2D eigenvalue weighted by Crippen LogP contribution is 2.22. The largest absolute Gasteiger partial charge is 0.397 e. The summed E-state index contributed by atoms with van der Waals surface area (Å²) in [6.45, 7) is 0.678. The average Bonchev–Trinajstić information content (AvgIpc) is 2.39. The quantitative estimate of drug-likeness (QED) is 0.853. The Morgan fingerprint density at radius 2 is 2.00 bits per heavy atom. The Labute approximate surface area is 114 Å². The fourth-order valence-corrected chi connectivity index (χ4v) is 2.05. The molecule has 0 radical (unpaired) electrons. The molecule has 2 aromatic rings. The van der Waals surface area contributed by atoms with E-state index in [4.69, 9.17) is 11.0 Å². The number of anilines is 2. The lowest BCUT2D eigenvalue weighted by Gasteiger charge is -2.10. The molecule has 0 aliphatic carbocycles. The first-order valence-corrected chi connectivity index (χ1v) is 6.27. The van der Waals surface area contributed by atoms with Gasteiger partial charge in [-0.05, 0) is 29.8 Å². The summed E-state index contributed by atoms with van der Waals surface area (Å²) in [5, 5.41) is 12.0. The Balaban J connectivity index is 2.12. The Morgan fingerprint density at radius 1 is 1.22 bits per heavy atom. The highest BCUT2D eigenvalue weighted by Gasteiger charge is 2.02. The number of hydrogen-bond acceptors (Lipinski definition) is 3. The number of nitrogen functional groups attached to an aromatic ring is 1. The van der Waals surface area contributed by atoms with Gasteiger partial charge in [0.2, 0.25) is 0 Å². The highest BCUT2D eigenvalue weighted by molar-refractivity contribution is 9.10. The first kappa shape index (κ1) is 12.5. The van der Waals surface area contributed by atoms with Gasteiger partial charge in [0.05, 0.1) is 23.0 Å². The molecule has 0 atom stereocenters. The number of nitriles is 1. The lowest BCUT2D eigenvalue weighted by Crippen LogP contribution is -2.03. The predicted molar refractivity (Wildman–Crippen MR) is 77.0 cm³/mol. The lowest BCUT2D eigenvalue weighted by molar-refractivity contribution is 1.14. The Hall–Kier alpha value is -1.99. The Morgan fingerprint density at radius 3 is 2.67 bits per heavy atom. The molecular weight excluding hydrogens is 290 g/mol. The van der Waals surface area contributed by atoms with Crippen molar-refractivity contribution in [3.05, 3.63) is 58.1 Å². The predicted octanol–water partition coefficient (Wildman–Crippen LogP) is 3.52. The summed E-state index contributed by atoms with van der Waals surface area (Å²) in [5.41, 5.74) is 9.02. The van der Waals surface area contributed by atoms with Gasteiger partial charge in [0.25, 0.3) is 0 Å². The van der Waals surface area contributed by atoms with Gasteiger partial charge < -0.3 is 11.1 Å². The molecular formula is C14H12BrN3. The standard InChI is InChI=1S/C14H12BrN3/c15-12-4-2-1-3-11(12)9-18-14-6-5-10(8-16)7-13(14)17/h1-7,18H,9,17H2. The van der Waals surface area contributed by atoms with Gasteiger partial charge in [0.1, 0.15) is 0 Å². The third-order valence-electron chi connectivity index (χ3n) is 2.61. The van der Waals surface area contributed by atoms with Gasteiger partial charge in [-0.2, -0.15) is 5.26 Å². The van der Waals surface area contributed by atoms with E-state index in [9.17, 15) is 0 Å². The van der Waals surface area contributed by atoms with E-state index < -0.39 is 0 Å². The molecule has 3 N–H and O–H groups in total. The van der Waals surface area contributed by atoms with E-state index in [1.807, 2.05) is 30.3 Å². The zero-order valence-electron chi connectivity index (χ0n) is 9.65. The molecule has 0 aliphatic rings. The molecule has 0 aliphatic heterocycles. The molecule has 2 aromatic carbocycles. The minimum atomic E-state index is 0.568. The molecule has 0 heterocycles. The molecule has 0 unspecified atom stereocenters. The van der Waals surface area contributed by atoms with Crippen molar-refractivity contribution in [3.63, 3.8) is 0 Å². The summed E-state index contributed by atoms with van der Waals surface area (Å²) in [5.74, 6) is 0. The van der Waals surface area contributed by atoms with Crippen molar-refractivity contribution in [2.45, 2.75) is 6.54 Å². The number of nitrogens with two attached hydrogens (primary N) is 1. The molecule has 0 saturated heterocycles. The van der Waals surface area contributed by atoms with Crippen LogP contribution in [0.25, 0.3) is 0 Å². The van der Waals surface area contributed by atoms with Crippen molar-refractivity contribution in [2.24, 2.45) is 0 Å². The number of halogens is 1. The zero-order chi connectivity index (χ0) is 13.0. The van der Waals surface area contributed by atoms with Crippen molar-refractivity contribution >= 4 is 27.3 Å². The van der Waals surface area contributed by atoms with Crippen molar-refractivity contribution in [1.29, 1.82) is 5.26 Å². The fourth-order valence-electron chi connectivity index (χ4n) is 1.63. The second-order valence-corrected chi connectivity index (χ2v) is 4.71. The summed E-state index contributed by atoms with van der Waals surface area (Å²) in [6, 6.07) is 15.3. The molecule has 0 spiro atoms. The number of nitrogens with one attached hydrogen (secondary N) is 1. The summed E-state index contributed by atoms with van der Waals surface area (Å²) in [7, 11) is 0. The van der Waals surface area contributed by atoms with Gasteiger partial charge >= 0.3 is 0 Å². The summed E-state index contributed by atoms with van der Waals surface area (Å²) < 4.78 is 1.06. The van der Waals surface area contributed by atoms with Crippen molar-refractivity contribution < 1.29 is 0 Å². The van der Waals surface area contributed by atoms with Gasteiger partial charge in [-0.1, -0.05) is 34.1 Å². The molecule has 18 heavy (non-hydrogen) atoms. The van der Waals surface area contributed by atoms with E-state index in [0.29, 0.717) is 17.8 Å². The molecule has 90 valence electrons. The summed E-state index contributed by atoms with van der Waals surface area (Å²) in [6.07, 6.45) is 0. The third kappa shape index (κ3) is 2.82. The van der Waals surface area contributed by atoms with Gasteiger partial charge in [-0.25, -0.2) is 0 Å². The second-order valence-electron chi connectivity index (χ2n) is 3.86. The fraction of sp³-hybridized carbons (Fsp3) is 0.0714. The van der Waals surface area contributed by atoms with Gasteiger partial charge in [0, 0.05) is 11.0 Å². The van der Waals surface area contributed by atoms with E-state index in [2.05, 4.69) is 27.3 Å². The molecule has 3 nitrogen and oxygen atoms in total. The van der Waals surface area contributed by atoms with Crippen LogP contribution in [0.4, 0.5) is 11.4 Å². The first-order chi connectivity index (χ1) is 8.70. The average molecular weight is 302 g/mol. The van der Waals surface area contributed by atoms with Gasteiger partial charge in [-0.3, -0.25) is 0 Å². The molecule has 2 rings (SSSR count). The first-order valence-electron chi connectivity index (χ1n) is 5.47. The van der Waals surface area contributed by atoms with Crippen LogP contribution in [0, 0.1) is 11.3 Å². The number of nitrogens with zero attached hydrogens (tertiary/aromatic N) is 1. The van der Waals surface area contributed by atoms with Crippen LogP contribution in [-0.4, -0.2) is 0 Å². The normalized spacial score (nSPS) is 9.78. The van der Waals surface area contributed by atoms with Crippen molar-refractivity contribution in [1.82, 2.24) is 0 Å². The van der Waals surface area contributed by atoms with E-state index in [1.54, 1.807) is 12.1 Å². The zero-order valence-corrected chi connectivity index (χ0v) is 11.2. The minimum Gasteiger partial charge on any atom is -0.397 e. The molecule has 0 aromatic heterocycles. The topological polar surface area (TPSA) is 61.8 Å². The molecule has 0 amide bonds. The molecule has 4 heteroatoms. The minimum absolute atomic E-state index is 0.568. The van der Waals surface area contributed by atoms with Crippen molar-refractivity contribution in [2.75, 3.05) is 11.1 Å². The van der Waals surface area contributed by atoms with E-state index in [0.717, 1.165) is 15.7 Å². The number of rotatable bonds is 3. The maximum atomic E-state index is 8.77. The smallest absolute Gasteiger partial charge is 0.0992 e. The third-order valence-corrected chi connectivity index (χ3v) is 3.38. The van der Waals surface area contributed by atoms with Crippen LogP contribution in [-0.2, 0) is 6.54 Å². The lowest BCUT2D eigenvalue weighted by atomic mass is 10.1. The van der Waals surface area contributed by atoms with Crippen LogP contribution in [0.1, 0.15) is 11.1 Å². The van der Waals surface area contributed by atoms with E-state index in [-0.39, 0.29) is 0 Å². The highest BCUT2D eigenvalue weighted by atomic mass is 79.9. The maximum Gasteiger partial charge on any atom is 0.0992 e. The second kappa shape index (κ2) is 5.56. The monoisotopic (exact) mass is 301 g/mol. The summed E-state index contributed by atoms with van der Waals surface area (Å²) in [4.78, 5) is 0. The number of hydrogen-bond donors (Lipinski definition) is 2. The molecule has 0 bridgehead atoms. The molecule has 0 saturated carbocycles. The van der Waals surface area contributed by atoms with Crippen LogP contribution >= 0.6 is 15.9 Å². The van der Waals surface area contributed by atoms with E-state index in [1.165, 1.54) is 0 Å². The van der Waals surface area contributed by atoms with Crippen LogP contribution in [0.3, 0.4) is 0 Å². The van der Waals surface area contributed by atoms with Crippen LogP contribution in [0.15, 0.2) is 46.9 Å². The number of benzene rings is 2. The SMILES string of the molecule is N#Cc1ccc(NCc2ccccc2Br)c(N)c1. The Bertz CT molecular complexity index is 602. The van der Waals surface area contributed by atoms with Gasteiger partial charge in [0.15, 0.2) is 0 Å². The molecule has 0 fully saturated rings. The Kier molecular flexibility index (Phi) is 3.85. The van der Waals surface area contributed by atoms with Crippen LogP contribution in [0.2, 0.25) is 0 Å². The maximum absolute atomic E-state index is 8.77. The van der Waals surface area contributed by atoms with E-state index >= 15 is 0 Å². The van der Waals surface area contributed by atoms with Crippen LogP contribution in [0.5, 0.6) is 0 Å². The van der Waals surface area contributed by atoms with Crippen molar-refractivity contribution in [3.8, 4) is 6.07 Å². The summed E-state index contributed by atoms with van der Waals surface area (Å²) >= 11 is 3.50. The van der Waals surface area contributed by atoms with Gasteiger partial charge in [-0.15, -0.1) is 0 Å². The van der Waals surface area contributed by atoms with Crippen LogP contribution < -0.4 is 11.1 Å².